The minimum atomic E-state index is 0.0360. The van der Waals surface area contributed by atoms with Gasteiger partial charge in [0.2, 0.25) is 5.91 Å². The maximum Gasteiger partial charge on any atom is 0.224 e. The van der Waals surface area contributed by atoms with E-state index in [1.807, 2.05) is 61.0 Å². The predicted molar refractivity (Wildman–Crippen MR) is 104 cm³/mol. The lowest BCUT2D eigenvalue weighted by molar-refractivity contribution is -0.120. The molecule has 4 nitrogen and oxygen atoms in total. The maximum atomic E-state index is 12.3. The Bertz CT molecular complexity index is 897. The molecular formula is C22H25N3O. The van der Waals surface area contributed by atoms with Crippen molar-refractivity contribution in [1.29, 1.82) is 0 Å². The maximum absolute atomic E-state index is 12.3. The summed E-state index contributed by atoms with van der Waals surface area (Å²) in [7, 11) is 0. The molecule has 0 saturated carbocycles. The number of nitrogens with one attached hydrogen (secondary N) is 1. The second kappa shape index (κ2) is 8.00. The van der Waals surface area contributed by atoms with Crippen molar-refractivity contribution in [2.24, 2.45) is 0 Å². The Morgan fingerprint density at radius 2 is 1.69 bits per heavy atom. The van der Waals surface area contributed by atoms with Gasteiger partial charge in [0.25, 0.3) is 0 Å². The summed E-state index contributed by atoms with van der Waals surface area (Å²) >= 11 is 0. The Kier molecular flexibility index (Phi) is 5.52. The number of rotatable bonds is 6. The first kappa shape index (κ1) is 17.9. The number of hydrogen-bond donors (Lipinski definition) is 1. The van der Waals surface area contributed by atoms with Crippen LogP contribution in [0.3, 0.4) is 0 Å². The molecule has 0 unspecified atom stereocenters. The zero-order chi connectivity index (χ0) is 18.5. The molecule has 1 heterocycles. The molecule has 1 aromatic heterocycles. The molecule has 0 aliphatic carbocycles. The van der Waals surface area contributed by atoms with Gasteiger partial charge in [0, 0.05) is 17.8 Å². The molecule has 0 aliphatic heterocycles. The third-order valence-electron chi connectivity index (χ3n) is 4.78. The Balaban J connectivity index is 1.65. The van der Waals surface area contributed by atoms with Crippen LogP contribution in [-0.2, 0) is 24.3 Å². The fourth-order valence-electron chi connectivity index (χ4n) is 3.13. The topological polar surface area (TPSA) is 46.9 Å². The monoisotopic (exact) mass is 347 g/mol. The van der Waals surface area contributed by atoms with Gasteiger partial charge in [0.05, 0.1) is 18.7 Å². The average Bonchev–Trinajstić information content (AvgIpc) is 2.89. The normalized spacial score (nSPS) is 10.7. The second-order valence-electron chi connectivity index (χ2n) is 6.67. The van der Waals surface area contributed by atoms with Gasteiger partial charge in [-0.3, -0.25) is 9.48 Å². The van der Waals surface area contributed by atoms with Crippen LogP contribution in [-0.4, -0.2) is 15.7 Å². The molecule has 0 bridgehead atoms. The Morgan fingerprint density at radius 3 is 2.42 bits per heavy atom. The zero-order valence-corrected chi connectivity index (χ0v) is 15.6. The van der Waals surface area contributed by atoms with Gasteiger partial charge in [0.15, 0.2) is 0 Å². The van der Waals surface area contributed by atoms with E-state index in [9.17, 15) is 4.79 Å². The molecule has 0 saturated heterocycles. The molecule has 134 valence electrons. The van der Waals surface area contributed by atoms with Crippen LogP contribution in [0.1, 0.15) is 33.6 Å². The first-order chi connectivity index (χ1) is 12.5. The minimum Gasteiger partial charge on any atom is -0.352 e. The molecule has 1 N–H and O–H groups in total. The van der Waals surface area contributed by atoms with E-state index in [0.717, 1.165) is 34.6 Å². The van der Waals surface area contributed by atoms with Crippen molar-refractivity contribution in [2.75, 3.05) is 0 Å². The van der Waals surface area contributed by atoms with E-state index in [2.05, 4.69) is 29.5 Å². The van der Waals surface area contributed by atoms with Gasteiger partial charge in [0.1, 0.15) is 0 Å². The van der Waals surface area contributed by atoms with Gasteiger partial charge in [-0.25, -0.2) is 0 Å². The van der Waals surface area contributed by atoms with Gasteiger partial charge in [-0.2, -0.15) is 5.10 Å². The number of benzene rings is 2. The molecule has 0 atom stereocenters. The van der Waals surface area contributed by atoms with Crippen molar-refractivity contribution in [3.05, 3.63) is 88.2 Å². The van der Waals surface area contributed by atoms with E-state index >= 15 is 0 Å². The van der Waals surface area contributed by atoms with Crippen LogP contribution in [0.15, 0.2) is 54.6 Å². The molecular weight excluding hydrogens is 322 g/mol. The molecule has 3 rings (SSSR count). The number of aromatic nitrogens is 2. The summed E-state index contributed by atoms with van der Waals surface area (Å²) in [6.45, 7) is 7.34. The van der Waals surface area contributed by atoms with Gasteiger partial charge in [-0.05, 0) is 37.5 Å². The van der Waals surface area contributed by atoms with Crippen LogP contribution in [0, 0.1) is 20.8 Å². The molecule has 0 fully saturated rings. The summed E-state index contributed by atoms with van der Waals surface area (Å²) in [5.74, 6) is 0.0360. The highest BCUT2D eigenvalue weighted by Gasteiger charge is 2.13. The summed E-state index contributed by atoms with van der Waals surface area (Å²) < 4.78 is 2.01. The van der Waals surface area contributed by atoms with Crippen molar-refractivity contribution >= 4 is 5.91 Å². The van der Waals surface area contributed by atoms with E-state index in [1.165, 1.54) is 5.56 Å². The summed E-state index contributed by atoms with van der Waals surface area (Å²) in [4.78, 5) is 12.3. The number of carbonyl (C=O) groups excluding carboxylic acids is 1. The van der Waals surface area contributed by atoms with Crippen molar-refractivity contribution in [3.8, 4) is 0 Å². The van der Waals surface area contributed by atoms with E-state index in [0.29, 0.717) is 13.0 Å². The number of aryl methyl sites for hydroxylation is 2. The van der Waals surface area contributed by atoms with E-state index in [1.54, 1.807) is 0 Å². The highest BCUT2D eigenvalue weighted by Crippen LogP contribution is 2.15. The third kappa shape index (κ3) is 4.20. The van der Waals surface area contributed by atoms with Crippen LogP contribution >= 0.6 is 0 Å². The quantitative estimate of drug-likeness (QED) is 0.739. The van der Waals surface area contributed by atoms with Gasteiger partial charge in [-0.1, -0.05) is 54.6 Å². The van der Waals surface area contributed by atoms with E-state index in [4.69, 9.17) is 0 Å². The largest absolute Gasteiger partial charge is 0.352 e. The molecule has 0 radical (unpaired) electrons. The van der Waals surface area contributed by atoms with Gasteiger partial charge in [-0.15, -0.1) is 0 Å². The average molecular weight is 347 g/mol. The SMILES string of the molecule is Cc1ccccc1CC(=O)NCc1c(C)nn(Cc2ccccc2)c1C. The molecule has 2 aromatic carbocycles. The molecule has 3 aromatic rings. The first-order valence-electron chi connectivity index (χ1n) is 8.92. The third-order valence-corrected chi connectivity index (χ3v) is 4.78. The van der Waals surface area contributed by atoms with Crippen LogP contribution in [0.4, 0.5) is 0 Å². The smallest absolute Gasteiger partial charge is 0.224 e. The summed E-state index contributed by atoms with van der Waals surface area (Å²) in [6, 6.07) is 18.3. The van der Waals surface area contributed by atoms with Crippen LogP contribution in [0.2, 0.25) is 0 Å². The first-order valence-corrected chi connectivity index (χ1v) is 8.92. The molecule has 0 spiro atoms. The summed E-state index contributed by atoms with van der Waals surface area (Å²) in [6.07, 6.45) is 0.406. The standard InChI is InChI=1S/C22H25N3O/c1-16-9-7-8-12-20(16)13-22(26)23-14-21-17(2)24-25(18(21)3)15-19-10-5-4-6-11-19/h4-12H,13-15H2,1-3H3,(H,23,26). The van der Waals surface area contributed by atoms with Crippen LogP contribution in [0.5, 0.6) is 0 Å². The molecule has 4 heteroatoms. The van der Waals surface area contributed by atoms with Crippen molar-refractivity contribution in [2.45, 2.75) is 40.3 Å². The Labute approximate surface area is 154 Å². The summed E-state index contributed by atoms with van der Waals surface area (Å²) in [5, 5.41) is 7.69. The van der Waals surface area contributed by atoms with Gasteiger partial charge < -0.3 is 5.32 Å². The lowest BCUT2D eigenvalue weighted by Crippen LogP contribution is -2.25. The predicted octanol–water partition coefficient (Wildman–Crippen LogP) is 3.72. The zero-order valence-electron chi connectivity index (χ0n) is 15.6. The fourth-order valence-corrected chi connectivity index (χ4v) is 3.13. The molecule has 0 aliphatic rings. The number of amides is 1. The summed E-state index contributed by atoms with van der Waals surface area (Å²) in [5.41, 5.74) is 6.59. The van der Waals surface area contributed by atoms with E-state index < -0.39 is 0 Å². The van der Waals surface area contributed by atoms with Crippen molar-refractivity contribution in [1.82, 2.24) is 15.1 Å². The number of nitrogens with zero attached hydrogens (tertiary/aromatic N) is 2. The van der Waals surface area contributed by atoms with Crippen molar-refractivity contribution in [3.63, 3.8) is 0 Å². The molecule has 26 heavy (non-hydrogen) atoms. The lowest BCUT2D eigenvalue weighted by atomic mass is 10.1. The lowest BCUT2D eigenvalue weighted by Gasteiger charge is -2.09. The number of hydrogen-bond acceptors (Lipinski definition) is 2. The molecule has 1 amide bonds. The second-order valence-corrected chi connectivity index (χ2v) is 6.67. The van der Waals surface area contributed by atoms with Crippen molar-refractivity contribution < 1.29 is 4.79 Å². The highest BCUT2D eigenvalue weighted by atomic mass is 16.1. The fraction of sp³-hybridized carbons (Fsp3) is 0.273. The minimum absolute atomic E-state index is 0.0360. The number of carbonyl (C=O) groups is 1. The van der Waals surface area contributed by atoms with E-state index in [-0.39, 0.29) is 5.91 Å². The van der Waals surface area contributed by atoms with Crippen LogP contribution < -0.4 is 5.32 Å². The van der Waals surface area contributed by atoms with Gasteiger partial charge >= 0.3 is 0 Å². The Hall–Kier alpha value is -2.88. The Morgan fingerprint density at radius 1 is 1.00 bits per heavy atom. The van der Waals surface area contributed by atoms with Crippen LogP contribution in [0.25, 0.3) is 0 Å². The highest BCUT2D eigenvalue weighted by molar-refractivity contribution is 5.78.